The summed E-state index contributed by atoms with van der Waals surface area (Å²) in [6.07, 6.45) is 6.32. The predicted octanol–water partition coefficient (Wildman–Crippen LogP) is 0.703. The number of anilines is 1. The van der Waals surface area contributed by atoms with Crippen LogP contribution >= 0.6 is 0 Å². The van der Waals surface area contributed by atoms with E-state index in [1.807, 2.05) is 13.8 Å². The lowest BCUT2D eigenvalue weighted by atomic mass is 9.83. The lowest BCUT2D eigenvalue weighted by molar-refractivity contribution is -0.141. The quantitative estimate of drug-likeness (QED) is 0.0302. The maximum Gasteiger partial charge on any atom is 0.408 e. The molecule has 17 nitrogen and oxygen atoms in total. The minimum atomic E-state index is -1.14. The average Bonchev–Trinajstić information content (AvgIpc) is 3.65. The number of benzene rings is 1. The lowest BCUT2D eigenvalue weighted by Gasteiger charge is -2.33. The molecule has 1 aliphatic heterocycles. The van der Waals surface area contributed by atoms with Crippen LogP contribution in [0.3, 0.4) is 0 Å². The predicted molar refractivity (Wildman–Crippen MR) is 209 cm³/mol. The van der Waals surface area contributed by atoms with Gasteiger partial charge in [0.05, 0.1) is 0 Å². The van der Waals surface area contributed by atoms with Crippen molar-refractivity contribution in [2.45, 2.75) is 115 Å². The van der Waals surface area contributed by atoms with Crippen LogP contribution in [0.1, 0.15) is 83.6 Å². The van der Waals surface area contributed by atoms with Crippen molar-refractivity contribution in [3.05, 3.63) is 42.5 Å². The highest BCUT2D eigenvalue weighted by molar-refractivity contribution is 5.96. The summed E-state index contributed by atoms with van der Waals surface area (Å²) in [5.41, 5.74) is 23.7. The minimum Gasteiger partial charge on any atom is -0.445 e. The van der Waals surface area contributed by atoms with Gasteiger partial charge < -0.3 is 53.8 Å². The summed E-state index contributed by atoms with van der Waals surface area (Å²) in [4.78, 5) is 86.3. The van der Waals surface area contributed by atoms with Gasteiger partial charge in [-0.15, -0.1) is 0 Å². The molecule has 5 atom stereocenters. The molecular formula is C38H60N10O7. The fraction of sp³-hybridized carbons (Fsp3) is 0.605. The highest BCUT2D eigenvalue weighted by Gasteiger charge is 2.39. The van der Waals surface area contributed by atoms with Gasteiger partial charge in [-0.2, -0.15) is 0 Å². The summed E-state index contributed by atoms with van der Waals surface area (Å²) in [7, 11) is 0. The van der Waals surface area contributed by atoms with E-state index < -0.39 is 65.8 Å². The number of carbonyl (C=O) groups excluding carboxylic acids is 6. The van der Waals surface area contributed by atoms with Crippen LogP contribution in [-0.4, -0.2) is 96.4 Å². The average molecular weight is 769 g/mol. The number of amides is 6. The van der Waals surface area contributed by atoms with Crippen LogP contribution in [-0.2, 0) is 35.1 Å². The van der Waals surface area contributed by atoms with Gasteiger partial charge in [-0.25, -0.2) is 4.79 Å². The maximum absolute atomic E-state index is 14.3. The molecule has 304 valence electrons. The third-order valence-corrected chi connectivity index (χ3v) is 9.83. The van der Waals surface area contributed by atoms with Crippen LogP contribution in [0.15, 0.2) is 41.9 Å². The first kappa shape index (κ1) is 44.0. The highest BCUT2D eigenvalue weighted by Crippen LogP contribution is 2.27. The first-order valence-electron chi connectivity index (χ1n) is 19.1. The van der Waals surface area contributed by atoms with Crippen molar-refractivity contribution in [3.63, 3.8) is 0 Å². The fourth-order valence-corrected chi connectivity index (χ4v) is 7.06. The zero-order chi connectivity index (χ0) is 40.5. The number of likely N-dealkylation sites (tertiary alicyclic amines) is 1. The molecule has 2 aliphatic rings. The Morgan fingerprint density at radius 1 is 0.873 bits per heavy atom. The lowest BCUT2D eigenvalue weighted by Crippen LogP contribution is -2.60. The molecule has 1 aliphatic carbocycles. The van der Waals surface area contributed by atoms with Crippen molar-refractivity contribution in [2.24, 2.45) is 34.0 Å². The summed E-state index contributed by atoms with van der Waals surface area (Å²) in [6.45, 7) is 7.78. The van der Waals surface area contributed by atoms with Gasteiger partial charge in [0.2, 0.25) is 29.5 Å². The van der Waals surface area contributed by atoms with E-state index in [1.165, 1.54) is 11.0 Å². The van der Waals surface area contributed by atoms with Gasteiger partial charge in [-0.3, -0.25) is 29.0 Å². The van der Waals surface area contributed by atoms with E-state index in [9.17, 15) is 28.8 Å². The van der Waals surface area contributed by atoms with E-state index >= 15 is 0 Å². The topological polar surface area (TPSA) is 279 Å². The van der Waals surface area contributed by atoms with Crippen molar-refractivity contribution in [1.82, 2.24) is 26.2 Å². The first-order chi connectivity index (χ1) is 26.2. The van der Waals surface area contributed by atoms with Crippen molar-refractivity contribution < 1.29 is 33.5 Å². The van der Waals surface area contributed by atoms with E-state index in [1.54, 1.807) is 24.3 Å². The first-order valence-corrected chi connectivity index (χ1v) is 19.1. The van der Waals surface area contributed by atoms with Crippen molar-refractivity contribution >= 4 is 47.3 Å². The van der Waals surface area contributed by atoms with Gasteiger partial charge in [-0.05, 0) is 74.5 Å². The summed E-state index contributed by atoms with van der Waals surface area (Å²) in [5, 5.41) is 11.2. The number of carbonyl (C=O) groups is 6. The van der Waals surface area contributed by atoms with Crippen molar-refractivity contribution in [3.8, 4) is 0 Å². The van der Waals surface area contributed by atoms with E-state index in [0.717, 1.165) is 19.3 Å². The second kappa shape index (κ2) is 22.1. The zero-order valence-electron chi connectivity index (χ0n) is 32.1. The van der Waals surface area contributed by atoms with Crippen LogP contribution in [0.2, 0.25) is 0 Å². The molecule has 0 unspecified atom stereocenters. The number of hydrogen-bond acceptors (Lipinski definition) is 9. The molecule has 1 aromatic carbocycles. The molecule has 12 N–H and O–H groups in total. The van der Waals surface area contributed by atoms with Crippen LogP contribution in [0.4, 0.5) is 10.5 Å². The van der Waals surface area contributed by atoms with Crippen molar-refractivity contribution in [2.75, 3.05) is 25.4 Å². The van der Waals surface area contributed by atoms with Crippen molar-refractivity contribution in [1.29, 1.82) is 0 Å². The Balaban J connectivity index is 1.89. The molecule has 1 heterocycles. The number of guanidine groups is 1. The zero-order valence-corrected chi connectivity index (χ0v) is 32.1. The molecule has 3 rings (SSSR count). The molecule has 0 bridgehead atoms. The summed E-state index contributed by atoms with van der Waals surface area (Å²) in [6, 6.07) is 1.74. The van der Waals surface area contributed by atoms with Crippen LogP contribution in [0.25, 0.3) is 0 Å². The fourth-order valence-electron chi connectivity index (χ4n) is 7.06. The molecule has 0 radical (unpaired) electrons. The molecule has 55 heavy (non-hydrogen) atoms. The van der Waals surface area contributed by atoms with Crippen LogP contribution in [0.5, 0.6) is 0 Å². The van der Waals surface area contributed by atoms with Gasteiger partial charge in [0.15, 0.2) is 5.96 Å². The highest BCUT2D eigenvalue weighted by atomic mass is 16.5. The normalized spacial score (nSPS) is 17.9. The van der Waals surface area contributed by atoms with E-state index in [0.29, 0.717) is 49.9 Å². The number of nitrogens with two attached hydrogens (primary N) is 4. The minimum absolute atomic E-state index is 0.00599. The van der Waals surface area contributed by atoms with E-state index in [2.05, 4.69) is 32.8 Å². The molecule has 0 spiro atoms. The smallest absolute Gasteiger partial charge is 0.408 e. The number of ether oxygens (including phenoxy) is 1. The van der Waals surface area contributed by atoms with Crippen LogP contribution < -0.4 is 44.2 Å². The number of aliphatic imine (C=N–C) groups is 1. The van der Waals surface area contributed by atoms with Gasteiger partial charge in [-0.1, -0.05) is 57.9 Å². The Morgan fingerprint density at radius 3 is 2.15 bits per heavy atom. The second-order valence-corrected chi connectivity index (χ2v) is 14.7. The molecule has 6 amide bonds. The summed E-state index contributed by atoms with van der Waals surface area (Å²) in [5.74, 6) is -3.26. The third kappa shape index (κ3) is 14.4. The largest absolute Gasteiger partial charge is 0.445 e. The maximum atomic E-state index is 14.3. The van der Waals surface area contributed by atoms with Gasteiger partial charge in [0.25, 0.3) is 0 Å². The Kier molecular flexibility index (Phi) is 17.7. The number of nitrogen functional groups attached to an aromatic ring is 1. The summed E-state index contributed by atoms with van der Waals surface area (Å²) >= 11 is 0. The number of nitrogens with zero attached hydrogens (tertiary/aromatic N) is 2. The number of hydrogen-bond donors (Lipinski definition) is 8. The molecule has 2 fully saturated rings. The molecule has 1 aromatic rings. The molecule has 1 saturated carbocycles. The van der Waals surface area contributed by atoms with Gasteiger partial charge >= 0.3 is 6.09 Å². The standard InChI is InChI=1S/C38H60N10O7/c1-4-20-55-38(54)46-28(22-24-14-16-26(39)17-15-24)34(51)47-31(25-10-6-5-7-11-25)35(52)44-27(12-8-18-43-37(41)42)33(50)45-29(21-23(2)3)36(53)48-19-9-13-30(48)32(40)49/h4,14-17,23,25,27-31H,1,5-13,18-22,39H2,2-3H3,(H2,40,49)(H,44,52)(H,45,50)(H,46,54)(H,47,51)(H4,41,42,43)/t27-,28+,29-,30-,31-/m0/s1. The Bertz CT molecular complexity index is 1510. The second-order valence-electron chi connectivity index (χ2n) is 14.7. The van der Waals surface area contributed by atoms with Crippen LogP contribution in [0, 0.1) is 11.8 Å². The van der Waals surface area contributed by atoms with E-state index in [-0.39, 0.29) is 50.2 Å². The SMILES string of the molecule is C=CCOC(=O)N[C@H](Cc1ccc(N)cc1)C(=O)N[C@H](C(=O)N[C@@H](CCCN=C(N)N)C(=O)N[C@@H](CC(C)C)C(=O)N1CCC[C@H]1C(N)=O)C1CCCCC1. The Hall–Kier alpha value is -5.35. The molecule has 17 heteroatoms. The van der Waals surface area contributed by atoms with E-state index in [4.69, 9.17) is 27.7 Å². The monoisotopic (exact) mass is 768 g/mol. The Labute approximate surface area is 323 Å². The Morgan fingerprint density at radius 2 is 1.53 bits per heavy atom. The number of primary amides is 1. The van der Waals surface area contributed by atoms with Gasteiger partial charge in [0, 0.05) is 25.2 Å². The number of rotatable bonds is 20. The number of nitrogens with one attached hydrogen (secondary N) is 4. The molecule has 0 aromatic heterocycles. The number of alkyl carbamates (subject to hydrolysis) is 1. The summed E-state index contributed by atoms with van der Waals surface area (Å²) < 4.78 is 5.09. The third-order valence-electron chi connectivity index (χ3n) is 9.83. The molecular weight excluding hydrogens is 708 g/mol. The molecule has 1 saturated heterocycles. The van der Waals surface area contributed by atoms with Gasteiger partial charge in [0.1, 0.15) is 36.8 Å².